The molecule has 0 aliphatic rings. The molecule has 0 spiro atoms. The average Bonchev–Trinajstić information content (AvgIpc) is 2.49. The minimum atomic E-state index is -2.12. The molecule has 0 bridgehead atoms. The maximum atomic E-state index is 13.1. The van der Waals surface area contributed by atoms with E-state index in [1.807, 2.05) is 6.92 Å². The lowest BCUT2D eigenvalue weighted by Gasteiger charge is -2.33. The van der Waals surface area contributed by atoms with Crippen molar-refractivity contribution in [3.05, 3.63) is 0 Å². The summed E-state index contributed by atoms with van der Waals surface area (Å²) in [5.41, 5.74) is 0. The van der Waals surface area contributed by atoms with Gasteiger partial charge in [0.05, 0.1) is 66.0 Å². The second-order valence-electron chi connectivity index (χ2n) is 4.17. The van der Waals surface area contributed by atoms with Crippen molar-refractivity contribution in [3.8, 4) is 0 Å². The van der Waals surface area contributed by atoms with E-state index >= 15 is 0 Å². The largest absolute Gasteiger partial charge is 0.165 e. The Labute approximate surface area is 139 Å². The summed E-state index contributed by atoms with van der Waals surface area (Å²) in [7, 11) is 0. The molecule has 0 aliphatic heterocycles. The molecule has 0 rings (SSSR count). The van der Waals surface area contributed by atoms with E-state index in [4.69, 9.17) is 0 Å². The molecule has 1 atom stereocenters. The fraction of sp³-hybridized carbons (Fsp3) is 1.00. The first-order valence-corrected chi connectivity index (χ1v) is 9.85. The van der Waals surface area contributed by atoms with Gasteiger partial charge in [0.2, 0.25) is 0 Å². The highest BCUT2D eigenvalue weighted by Crippen LogP contribution is 2.57. The van der Waals surface area contributed by atoms with Crippen LogP contribution in [0.2, 0.25) is 0 Å². The van der Waals surface area contributed by atoms with Crippen molar-refractivity contribution in [2.45, 2.75) is 59.4 Å². The summed E-state index contributed by atoms with van der Waals surface area (Å²) in [5.74, 6) is 0. The van der Waals surface area contributed by atoms with Gasteiger partial charge in [-0.05, 0) is 6.42 Å². The molecule has 0 aliphatic carbocycles. The molecule has 0 aromatic rings. The third kappa shape index (κ3) is 6.26. The molecule has 10 heteroatoms. The van der Waals surface area contributed by atoms with Gasteiger partial charge in [-0.25, -0.2) is 0 Å². The summed E-state index contributed by atoms with van der Waals surface area (Å²) in [4.78, 5) is 0. The highest BCUT2D eigenvalue weighted by Gasteiger charge is 2.52. The molecule has 0 aromatic carbocycles. The lowest BCUT2D eigenvalue weighted by atomic mass is 10.1. The molecule has 0 aromatic heterocycles. The molecule has 1 unspecified atom stereocenters. The molecule has 0 N–H and O–H groups in total. The van der Waals surface area contributed by atoms with Crippen LogP contribution in [0.5, 0.6) is 0 Å². The molecule has 0 saturated heterocycles. The Balaban J connectivity index is 4.66. The lowest BCUT2D eigenvalue weighted by molar-refractivity contribution is 0.575. The maximum Gasteiger partial charge on any atom is 0.164 e. The van der Waals surface area contributed by atoms with E-state index < -0.39 is 62.5 Å². The minimum Gasteiger partial charge on any atom is -0.165 e. The van der Waals surface area contributed by atoms with Gasteiger partial charge < -0.3 is 0 Å². The Morgan fingerprint density at radius 1 is 0.800 bits per heavy atom. The standard InChI is InChI=1S/C10H17F5S5/c1-2-3-4-5-6-7-8(16-11)10(19-14,20-15)9(17-12)18-13/h8-9H,2-7H2,1H3. The third-order valence-electron chi connectivity index (χ3n) is 2.86. The topological polar surface area (TPSA) is 0 Å². The molecular weight excluding hydrogens is 375 g/mol. The highest BCUT2D eigenvalue weighted by molar-refractivity contribution is 8.20. The molecule has 20 heavy (non-hydrogen) atoms. The maximum absolute atomic E-state index is 13.1. The van der Waals surface area contributed by atoms with Crippen LogP contribution in [-0.4, -0.2) is 13.9 Å². The second-order valence-corrected chi connectivity index (χ2v) is 8.43. The van der Waals surface area contributed by atoms with Crippen LogP contribution < -0.4 is 0 Å². The first-order chi connectivity index (χ1) is 9.66. The molecule has 0 fully saturated rings. The molecule has 0 amide bonds. The van der Waals surface area contributed by atoms with Gasteiger partial charge in [0.1, 0.15) is 4.58 Å². The van der Waals surface area contributed by atoms with Crippen LogP contribution in [-0.2, 0) is 0 Å². The molecule has 122 valence electrons. The number of hydrogen-bond donors (Lipinski definition) is 0. The van der Waals surface area contributed by atoms with Crippen molar-refractivity contribution in [1.29, 1.82) is 0 Å². The highest BCUT2D eigenvalue weighted by atomic mass is 32.3. The van der Waals surface area contributed by atoms with Crippen molar-refractivity contribution in [2.75, 3.05) is 0 Å². The van der Waals surface area contributed by atoms with Crippen molar-refractivity contribution >= 4 is 60.7 Å². The Hall–Kier alpha value is 1.40. The van der Waals surface area contributed by atoms with Gasteiger partial charge in [0, 0.05) is 0 Å². The van der Waals surface area contributed by atoms with Gasteiger partial charge in [-0.2, -0.15) is 19.4 Å². The van der Waals surface area contributed by atoms with Gasteiger partial charge in [-0.3, -0.25) is 0 Å². The summed E-state index contributed by atoms with van der Waals surface area (Å²) in [6.45, 7) is 2.05. The smallest absolute Gasteiger partial charge is 0.164 e. The van der Waals surface area contributed by atoms with Crippen LogP contribution >= 0.6 is 60.7 Å². The van der Waals surface area contributed by atoms with Crippen molar-refractivity contribution in [2.24, 2.45) is 0 Å². The first kappa shape index (κ1) is 21.4. The third-order valence-corrected chi connectivity index (χ3v) is 7.98. The van der Waals surface area contributed by atoms with Gasteiger partial charge in [0.15, 0.2) is 4.08 Å². The van der Waals surface area contributed by atoms with Gasteiger partial charge >= 0.3 is 0 Å². The van der Waals surface area contributed by atoms with Crippen molar-refractivity contribution < 1.29 is 19.4 Å². The zero-order valence-corrected chi connectivity index (χ0v) is 14.9. The quantitative estimate of drug-likeness (QED) is 0.177. The van der Waals surface area contributed by atoms with E-state index in [9.17, 15) is 19.4 Å². The summed E-state index contributed by atoms with van der Waals surface area (Å²) in [6.07, 6.45) is 4.60. The van der Waals surface area contributed by atoms with Crippen molar-refractivity contribution in [3.63, 3.8) is 0 Å². The van der Waals surface area contributed by atoms with Gasteiger partial charge in [-0.15, -0.1) is 0 Å². The van der Waals surface area contributed by atoms with Crippen molar-refractivity contribution in [1.82, 2.24) is 0 Å². The normalized spacial score (nSPS) is 13.9. The predicted octanol–water partition coefficient (Wildman–Crippen LogP) is 7.83. The fourth-order valence-electron chi connectivity index (χ4n) is 1.71. The van der Waals surface area contributed by atoms with Crippen LogP contribution in [0, 0.1) is 0 Å². The van der Waals surface area contributed by atoms with Crippen LogP contribution in [0.25, 0.3) is 0 Å². The van der Waals surface area contributed by atoms with E-state index in [0.29, 0.717) is 6.42 Å². The zero-order chi connectivity index (χ0) is 15.4. The summed E-state index contributed by atoms with van der Waals surface area (Å²) >= 11 is -2.26. The molecule has 0 nitrogen and oxygen atoms in total. The predicted molar refractivity (Wildman–Crippen MR) is 87.2 cm³/mol. The first-order valence-electron chi connectivity index (χ1n) is 6.08. The summed E-state index contributed by atoms with van der Waals surface area (Å²) in [5, 5.41) is -1.15. The van der Waals surface area contributed by atoms with Gasteiger partial charge in [0.25, 0.3) is 0 Å². The lowest BCUT2D eigenvalue weighted by Crippen LogP contribution is -2.39. The zero-order valence-electron chi connectivity index (χ0n) is 10.8. The molecular formula is C10H17F5S5. The van der Waals surface area contributed by atoms with Gasteiger partial charge in [-0.1, -0.05) is 39.0 Å². The monoisotopic (exact) mass is 392 g/mol. The average molecular weight is 393 g/mol. The Morgan fingerprint density at radius 3 is 1.75 bits per heavy atom. The number of halogens is 5. The van der Waals surface area contributed by atoms with E-state index in [1.165, 1.54) is 0 Å². The Morgan fingerprint density at radius 2 is 1.35 bits per heavy atom. The Bertz CT molecular complexity index is 228. The fourth-order valence-corrected chi connectivity index (χ4v) is 5.07. The molecule has 0 saturated carbocycles. The number of rotatable bonds is 13. The minimum absolute atomic E-state index is 0.177. The van der Waals surface area contributed by atoms with Crippen LogP contribution in [0.4, 0.5) is 19.4 Å². The van der Waals surface area contributed by atoms with Crippen LogP contribution in [0.15, 0.2) is 0 Å². The second kappa shape index (κ2) is 12.9. The number of hydrogen-bond acceptors (Lipinski definition) is 5. The van der Waals surface area contributed by atoms with Crippen LogP contribution in [0.3, 0.4) is 0 Å². The summed E-state index contributed by atoms with van der Waals surface area (Å²) in [6, 6.07) is 0. The molecule has 0 heterocycles. The summed E-state index contributed by atoms with van der Waals surface area (Å²) < 4.78 is 60.8. The number of unbranched alkanes of at least 4 members (excludes halogenated alkanes) is 4. The Kier molecular flexibility index (Phi) is 13.8. The van der Waals surface area contributed by atoms with E-state index in [2.05, 4.69) is 0 Å². The van der Waals surface area contributed by atoms with E-state index in [-0.39, 0.29) is 18.6 Å². The van der Waals surface area contributed by atoms with E-state index in [0.717, 1.165) is 25.7 Å². The van der Waals surface area contributed by atoms with E-state index in [1.54, 1.807) is 0 Å². The van der Waals surface area contributed by atoms with Crippen LogP contribution in [0.1, 0.15) is 45.4 Å². The molecule has 0 radical (unpaired) electrons. The SMILES string of the molecule is CCCCCCCC(SF)C(SF)(SF)C(SF)SF.